The van der Waals surface area contributed by atoms with Gasteiger partial charge in [-0.15, -0.1) is 0 Å². The van der Waals surface area contributed by atoms with Gasteiger partial charge in [0.15, 0.2) is 0 Å². The van der Waals surface area contributed by atoms with Crippen LogP contribution in [0.4, 0.5) is 5.69 Å². The molecule has 1 saturated heterocycles. The first-order valence-corrected chi connectivity index (χ1v) is 6.78. The van der Waals surface area contributed by atoms with Gasteiger partial charge in [0.25, 0.3) is 5.91 Å². The van der Waals surface area contributed by atoms with Crippen molar-refractivity contribution in [1.82, 2.24) is 9.88 Å². The van der Waals surface area contributed by atoms with E-state index < -0.39 is 0 Å². The van der Waals surface area contributed by atoms with Crippen LogP contribution in [0, 0.1) is 0 Å². The monoisotopic (exact) mass is 262 g/mol. The summed E-state index contributed by atoms with van der Waals surface area (Å²) in [7, 11) is 3.47. The third-order valence-corrected chi connectivity index (χ3v) is 3.60. The lowest BCUT2D eigenvalue weighted by Gasteiger charge is -2.37. The molecule has 1 aromatic rings. The number of hydrogen-bond donors (Lipinski definition) is 1. The summed E-state index contributed by atoms with van der Waals surface area (Å²) in [4.78, 5) is 20.0. The fourth-order valence-corrected chi connectivity index (χ4v) is 2.53. The minimum absolute atomic E-state index is 0.0665. The summed E-state index contributed by atoms with van der Waals surface area (Å²) < 4.78 is 0. The van der Waals surface area contributed by atoms with E-state index in [1.807, 2.05) is 12.1 Å². The number of pyridine rings is 1. The first-order chi connectivity index (χ1) is 9.13. The van der Waals surface area contributed by atoms with Gasteiger partial charge in [0, 0.05) is 45.1 Å². The maximum absolute atomic E-state index is 12.0. The Hall–Kier alpha value is -1.62. The van der Waals surface area contributed by atoms with E-state index in [0.29, 0.717) is 18.3 Å². The van der Waals surface area contributed by atoms with Crippen LogP contribution in [0.5, 0.6) is 0 Å². The smallest absolute Gasteiger partial charge is 0.272 e. The number of piperidine rings is 1. The van der Waals surface area contributed by atoms with Crippen molar-refractivity contribution >= 4 is 11.6 Å². The highest BCUT2D eigenvalue weighted by molar-refractivity contribution is 5.92. The zero-order chi connectivity index (χ0) is 13.8. The van der Waals surface area contributed by atoms with Gasteiger partial charge in [-0.3, -0.25) is 9.78 Å². The topological polar surface area (TPSA) is 62.5 Å². The lowest BCUT2D eigenvalue weighted by Crippen LogP contribution is -2.44. The summed E-state index contributed by atoms with van der Waals surface area (Å²) >= 11 is 0. The molecule has 5 nitrogen and oxygen atoms in total. The second-order valence-corrected chi connectivity index (χ2v) is 5.18. The normalized spacial score (nSPS) is 19.3. The Morgan fingerprint density at radius 3 is 3.00 bits per heavy atom. The van der Waals surface area contributed by atoms with Crippen LogP contribution in [-0.2, 0) is 0 Å². The molecule has 2 N–H and O–H groups in total. The molecule has 104 valence electrons. The van der Waals surface area contributed by atoms with Crippen molar-refractivity contribution in [3.8, 4) is 0 Å². The number of nitrogens with two attached hydrogens (primary N) is 1. The van der Waals surface area contributed by atoms with Gasteiger partial charge in [-0.25, -0.2) is 0 Å². The number of anilines is 1. The lowest BCUT2D eigenvalue weighted by atomic mass is 10.0. The van der Waals surface area contributed by atoms with Gasteiger partial charge in [-0.1, -0.05) is 0 Å². The molecule has 2 heterocycles. The van der Waals surface area contributed by atoms with E-state index in [1.165, 1.54) is 12.8 Å². The predicted molar refractivity (Wildman–Crippen MR) is 76.3 cm³/mol. The average molecular weight is 262 g/mol. The summed E-state index contributed by atoms with van der Waals surface area (Å²) in [5.41, 5.74) is 7.39. The van der Waals surface area contributed by atoms with Gasteiger partial charge in [0.05, 0.1) is 0 Å². The van der Waals surface area contributed by atoms with Crippen molar-refractivity contribution in [3.05, 3.63) is 24.0 Å². The zero-order valence-corrected chi connectivity index (χ0v) is 11.7. The molecule has 0 bridgehead atoms. The van der Waals surface area contributed by atoms with Crippen molar-refractivity contribution in [1.29, 1.82) is 0 Å². The molecule has 1 amide bonds. The van der Waals surface area contributed by atoms with Gasteiger partial charge in [-0.05, 0) is 31.4 Å². The minimum Gasteiger partial charge on any atom is -0.367 e. The van der Waals surface area contributed by atoms with Gasteiger partial charge in [-0.2, -0.15) is 0 Å². The summed E-state index contributed by atoms with van der Waals surface area (Å²) in [6.07, 6.45) is 5.23. The molecule has 1 atom stereocenters. The molecule has 0 radical (unpaired) electrons. The fraction of sp³-hybridized carbons (Fsp3) is 0.571. The van der Waals surface area contributed by atoms with E-state index in [1.54, 1.807) is 25.2 Å². The molecule has 1 fully saturated rings. The molecular formula is C14H22N4O. The third-order valence-electron chi connectivity index (χ3n) is 3.60. The number of aromatic nitrogens is 1. The number of rotatable bonds is 3. The van der Waals surface area contributed by atoms with Crippen LogP contribution in [0.25, 0.3) is 0 Å². The second kappa shape index (κ2) is 6.02. The molecule has 1 aliphatic rings. The zero-order valence-electron chi connectivity index (χ0n) is 11.7. The molecule has 19 heavy (non-hydrogen) atoms. The second-order valence-electron chi connectivity index (χ2n) is 5.18. The van der Waals surface area contributed by atoms with Crippen LogP contribution >= 0.6 is 0 Å². The Bertz CT molecular complexity index is 447. The number of nitrogens with zero attached hydrogens (tertiary/aromatic N) is 3. The first-order valence-electron chi connectivity index (χ1n) is 6.78. The molecule has 0 aliphatic carbocycles. The van der Waals surface area contributed by atoms with Crippen molar-refractivity contribution in [2.45, 2.75) is 25.3 Å². The van der Waals surface area contributed by atoms with E-state index in [9.17, 15) is 4.79 Å². The Kier molecular flexibility index (Phi) is 4.37. The van der Waals surface area contributed by atoms with Crippen LogP contribution in [0.1, 0.15) is 29.8 Å². The van der Waals surface area contributed by atoms with Crippen LogP contribution in [-0.4, -0.2) is 49.0 Å². The van der Waals surface area contributed by atoms with Crippen molar-refractivity contribution in [2.24, 2.45) is 5.73 Å². The molecule has 0 spiro atoms. The van der Waals surface area contributed by atoms with Gasteiger partial charge in [0.2, 0.25) is 0 Å². The van der Waals surface area contributed by atoms with Gasteiger partial charge < -0.3 is 15.5 Å². The number of carbonyl (C=O) groups is 1. The lowest BCUT2D eigenvalue weighted by molar-refractivity contribution is 0.0822. The fourth-order valence-electron chi connectivity index (χ4n) is 2.53. The summed E-state index contributed by atoms with van der Waals surface area (Å²) in [6, 6.07) is 4.20. The van der Waals surface area contributed by atoms with Crippen molar-refractivity contribution in [2.75, 3.05) is 32.1 Å². The van der Waals surface area contributed by atoms with Crippen molar-refractivity contribution in [3.63, 3.8) is 0 Å². The summed E-state index contributed by atoms with van der Waals surface area (Å²) in [5, 5.41) is 0. The van der Waals surface area contributed by atoms with Gasteiger partial charge >= 0.3 is 0 Å². The Morgan fingerprint density at radius 2 is 2.32 bits per heavy atom. The summed E-state index contributed by atoms with van der Waals surface area (Å²) in [6.45, 7) is 1.65. The Morgan fingerprint density at radius 1 is 1.53 bits per heavy atom. The molecule has 2 rings (SSSR count). The van der Waals surface area contributed by atoms with E-state index >= 15 is 0 Å². The van der Waals surface area contributed by atoms with E-state index in [4.69, 9.17) is 5.73 Å². The molecular weight excluding hydrogens is 240 g/mol. The van der Waals surface area contributed by atoms with E-state index in [0.717, 1.165) is 18.7 Å². The average Bonchev–Trinajstić information content (AvgIpc) is 2.46. The highest BCUT2D eigenvalue weighted by atomic mass is 16.2. The van der Waals surface area contributed by atoms with Crippen LogP contribution < -0.4 is 10.6 Å². The highest BCUT2D eigenvalue weighted by Gasteiger charge is 2.22. The van der Waals surface area contributed by atoms with E-state index in [-0.39, 0.29) is 5.91 Å². The van der Waals surface area contributed by atoms with Crippen LogP contribution in [0.2, 0.25) is 0 Å². The number of hydrogen-bond acceptors (Lipinski definition) is 4. The molecule has 1 aromatic heterocycles. The molecule has 1 aliphatic heterocycles. The van der Waals surface area contributed by atoms with Crippen LogP contribution in [0.3, 0.4) is 0 Å². The molecule has 0 saturated carbocycles. The van der Waals surface area contributed by atoms with Crippen molar-refractivity contribution < 1.29 is 4.79 Å². The predicted octanol–water partition coefficient (Wildman–Crippen LogP) is 1.10. The summed E-state index contributed by atoms with van der Waals surface area (Å²) in [5.74, 6) is -0.0665. The number of amides is 1. The molecule has 5 heteroatoms. The SMILES string of the molecule is CN(C)C(=O)c1cc(N2CCCCC2CN)ccn1. The third kappa shape index (κ3) is 3.04. The maximum atomic E-state index is 12.0. The Balaban J connectivity index is 2.24. The highest BCUT2D eigenvalue weighted by Crippen LogP contribution is 2.24. The standard InChI is InChI=1S/C14H22N4O/c1-17(2)14(19)13-9-11(6-7-16-13)18-8-4-3-5-12(18)10-15/h6-7,9,12H,3-5,8,10,15H2,1-2H3. The minimum atomic E-state index is -0.0665. The maximum Gasteiger partial charge on any atom is 0.272 e. The van der Waals surface area contributed by atoms with E-state index in [2.05, 4.69) is 9.88 Å². The Labute approximate surface area is 114 Å². The number of carbonyl (C=O) groups excluding carboxylic acids is 1. The van der Waals surface area contributed by atoms with Crippen LogP contribution in [0.15, 0.2) is 18.3 Å². The largest absolute Gasteiger partial charge is 0.367 e. The first kappa shape index (κ1) is 13.8. The molecule has 0 aromatic carbocycles. The quantitative estimate of drug-likeness (QED) is 0.886. The van der Waals surface area contributed by atoms with Gasteiger partial charge in [0.1, 0.15) is 5.69 Å². The molecule has 1 unspecified atom stereocenters.